The zero-order valence-corrected chi connectivity index (χ0v) is 18.3. The molecule has 0 spiro atoms. The van der Waals surface area contributed by atoms with Crippen LogP contribution in [0.25, 0.3) is 0 Å². The highest BCUT2D eigenvalue weighted by atomic mass is 32.2. The van der Waals surface area contributed by atoms with Crippen molar-refractivity contribution in [3.8, 4) is 0 Å². The average molecular weight is 442 g/mol. The van der Waals surface area contributed by atoms with E-state index in [0.717, 1.165) is 16.7 Å². The van der Waals surface area contributed by atoms with E-state index in [9.17, 15) is 22.8 Å². The van der Waals surface area contributed by atoms with Gasteiger partial charge < -0.3 is 5.32 Å². The van der Waals surface area contributed by atoms with E-state index in [2.05, 4.69) is 5.32 Å². The van der Waals surface area contributed by atoms with Crippen LogP contribution in [-0.2, 0) is 26.8 Å². The first kappa shape index (κ1) is 21.0. The van der Waals surface area contributed by atoms with Crippen molar-refractivity contribution in [2.75, 3.05) is 17.1 Å². The molecule has 1 fully saturated rings. The molecule has 0 unspecified atom stereocenters. The van der Waals surface area contributed by atoms with E-state index >= 15 is 0 Å². The Hall–Kier alpha value is -3.20. The Morgan fingerprint density at radius 3 is 2.48 bits per heavy atom. The summed E-state index contributed by atoms with van der Waals surface area (Å²) < 4.78 is 25.5. The molecular weight excluding hydrogens is 418 g/mol. The van der Waals surface area contributed by atoms with Crippen molar-refractivity contribution in [1.82, 2.24) is 10.2 Å². The minimum atomic E-state index is -3.43. The van der Waals surface area contributed by atoms with Gasteiger partial charge in [0.05, 0.1) is 18.5 Å². The standard InChI is InChI=1S/C22H23N3O5S/c1-14-11-16-12-15(9-10-18(16)25(14)31(3,29)30)19(26)13-24-20(27)22(2,23-21(24)28)17-7-5-4-6-8-17/h4-10,12,14H,11,13H2,1-3H3,(H,23,28)/t14-,22-/m0/s1. The summed E-state index contributed by atoms with van der Waals surface area (Å²) >= 11 is 0. The van der Waals surface area contributed by atoms with Crippen LogP contribution in [0.5, 0.6) is 0 Å². The van der Waals surface area contributed by atoms with Crippen molar-refractivity contribution < 1.29 is 22.8 Å². The van der Waals surface area contributed by atoms with Crippen molar-refractivity contribution in [2.24, 2.45) is 0 Å². The first-order valence-corrected chi connectivity index (χ1v) is 11.7. The predicted molar refractivity (Wildman–Crippen MR) is 115 cm³/mol. The van der Waals surface area contributed by atoms with Crippen LogP contribution in [0.2, 0.25) is 0 Å². The van der Waals surface area contributed by atoms with Gasteiger partial charge in [-0.05, 0) is 49.6 Å². The summed E-state index contributed by atoms with van der Waals surface area (Å²) in [6.45, 7) is 3.03. The Morgan fingerprint density at radius 2 is 1.84 bits per heavy atom. The Kier molecular flexibility index (Phi) is 4.88. The second kappa shape index (κ2) is 7.19. The number of hydrogen-bond acceptors (Lipinski definition) is 5. The summed E-state index contributed by atoms with van der Waals surface area (Å²) in [6, 6.07) is 12.8. The van der Waals surface area contributed by atoms with Crippen molar-refractivity contribution in [1.29, 1.82) is 0 Å². The zero-order valence-electron chi connectivity index (χ0n) is 17.5. The molecule has 2 aliphatic rings. The summed E-state index contributed by atoms with van der Waals surface area (Å²) in [4.78, 5) is 39.3. The lowest BCUT2D eigenvalue weighted by atomic mass is 9.92. The number of hydrogen-bond donors (Lipinski definition) is 1. The molecule has 2 aromatic carbocycles. The van der Waals surface area contributed by atoms with Gasteiger partial charge in [-0.3, -0.25) is 18.8 Å². The summed E-state index contributed by atoms with van der Waals surface area (Å²) in [6.07, 6.45) is 1.64. The number of carbonyl (C=O) groups is 3. The second-order valence-corrected chi connectivity index (χ2v) is 10.1. The molecule has 162 valence electrons. The van der Waals surface area contributed by atoms with Crippen LogP contribution in [0, 0.1) is 0 Å². The van der Waals surface area contributed by atoms with E-state index in [4.69, 9.17) is 0 Å². The molecule has 1 N–H and O–H groups in total. The summed E-state index contributed by atoms with van der Waals surface area (Å²) in [5.74, 6) is -0.885. The Morgan fingerprint density at radius 1 is 1.16 bits per heavy atom. The Labute approximate surface area is 180 Å². The van der Waals surface area contributed by atoms with Gasteiger partial charge in [-0.1, -0.05) is 30.3 Å². The highest BCUT2D eigenvalue weighted by Gasteiger charge is 2.49. The molecule has 0 bridgehead atoms. The van der Waals surface area contributed by atoms with Gasteiger partial charge in [-0.2, -0.15) is 0 Å². The van der Waals surface area contributed by atoms with E-state index in [-0.39, 0.29) is 6.04 Å². The van der Waals surface area contributed by atoms with Gasteiger partial charge in [0.1, 0.15) is 5.54 Å². The number of fused-ring (bicyclic) bond motifs is 1. The number of nitrogens with one attached hydrogen (secondary N) is 1. The van der Waals surface area contributed by atoms with Crippen molar-refractivity contribution in [3.05, 3.63) is 65.2 Å². The van der Waals surface area contributed by atoms with Crippen LogP contribution >= 0.6 is 0 Å². The number of imide groups is 1. The van der Waals surface area contributed by atoms with Gasteiger partial charge in [0.25, 0.3) is 5.91 Å². The SMILES string of the molecule is C[C@H]1Cc2cc(C(=O)CN3C(=O)N[C@@](C)(c4ccccc4)C3=O)ccc2N1S(C)(=O)=O. The lowest BCUT2D eigenvalue weighted by Gasteiger charge is -2.22. The number of anilines is 1. The summed E-state index contributed by atoms with van der Waals surface area (Å²) in [5, 5.41) is 2.68. The van der Waals surface area contributed by atoms with Gasteiger partial charge >= 0.3 is 6.03 Å². The second-order valence-electron chi connectivity index (χ2n) is 8.19. The van der Waals surface area contributed by atoms with Crippen molar-refractivity contribution in [2.45, 2.75) is 31.8 Å². The fourth-order valence-corrected chi connectivity index (χ4v) is 5.59. The number of sulfonamides is 1. The number of carbonyl (C=O) groups excluding carboxylic acids is 3. The average Bonchev–Trinajstić information content (AvgIpc) is 3.16. The number of rotatable bonds is 5. The molecule has 1 saturated heterocycles. The number of ketones is 1. The number of amides is 3. The maximum atomic E-state index is 13.0. The fraction of sp³-hybridized carbons (Fsp3) is 0.318. The third-order valence-corrected chi connectivity index (χ3v) is 7.11. The minimum Gasteiger partial charge on any atom is -0.319 e. The Balaban J connectivity index is 1.57. The van der Waals surface area contributed by atoms with Gasteiger partial charge in [-0.15, -0.1) is 0 Å². The first-order valence-electron chi connectivity index (χ1n) is 9.87. The molecule has 2 heterocycles. The number of Topliss-reactive ketones (excluding diaryl/α,β-unsaturated/α-hetero) is 1. The number of urea groups is 1. The summed E-state index contributed by atoms with van der Waals surface area (Å²) in [5.41, 5.74) is 1.03. The monoisotopic (exact) mass is 441 g/mol. The molecular formula is C22H23N3O5S. The molecule has 2 atom stereocenters. The highest BCUT2D eigenvalue weighted by Crippen LogP contribution is 2.35. The molecule has 2 aromatic rings. The maximum absolute atomic E-state index is 13.0. The van der Waals surface area contributed by atoms with Gasteiger partial charge in [0.2, 0.25) is 10.0 Å². The van der Waals surface area contributed by atoms with Crippen molar-refractivity contribution in [3.63, 3.8) is 0 Å². The maximum Gasteiger partial charge on any atom is 0.325 e. The molecule has 4 rings (SSSR count). The van der Waals surface area contributed by atoms with Crippen LogP contribution in [0.4, 0.5) is 10.5 Å². The van der Waals surface area contributed by atoms with E-state index < -0.39 is 39.8 Å². The lowest BCUT2D eigenvalue weighted by molar-refractivity contribution is -0.130. The van der Waals surface area contributed by atoms with Crippen LogP contribution in [0.15, 0.2) is 48.5 Å². The minimum absolute atomic E-state index is 0.243. The third-order valence-electron chi connectivity index (χ3n) is 5.84. The largest absolute Gasteiger partial charge is 0.325 e. The smallest absolute Gasteiger partial charge is 0.319 e. The van der Waals surface area contributed by atoms with Crippen LogP contribution in [0.1, 0.15) is 35.3 Å². The quantitative estimate of drug-likeness (QED) is 0.565. The van der Waals surface area contributed by atoms with Gasteiger partial charge in [-0.25, -0.2) is 13.2 Å². The fourth-order valence-electron chi connectivity index (χ4n) is 4.32. The summed E-state index contributed by atoms with van der Waals surface area (Å²) in [7, 11) is -3.43. The van der Waals surface area contributed by atoms with Crippen LogP contribution < -0.4 is 9.62 Å². The predicted octanol–water partition coefficient (Wildman–Crippen LogP) is 2.05. The molecule has 0 aromatic heterocycles. The van der Waals surface area contributed by atoms with E-state index in [0.29, 0.717) is 23.2 Å². The third kappa shape index (κ3) is 3.48. The van der Waals surface area contributed by atoms with E-state index in [1.54, 1.807) is 50.2 Å². The normalized spacial score (nSPS) is 23.1. The number of benzene rings is 2. The molecule has 0 radical (unpaired) electrons. The molecule has 3 amide bonds. The first-order chi connectivity index (χ1) is 14.5. The number of nitrogens with zero attached hydrogens (tertiary/aromatic N) is 2. The molecule has 9 heteroatoms. The van der Waals surface area contributed by atoms with Gasteiger partial charge in [0, 0.05) is 11.6 Å². The van der Waals surface area contributed by atoms with Crippen LogP contribution in [-0.4, -0.2) is 49.9 Å². The molecule has 2 aliphatic heterocycles. The molecule has 31 heavy (non-hydrogen) atoms. The molecule has 8 nitrogen and oxygen atoms in total. The topological polar surface area (TPSA) is 104 Å². The van der Waals surface area contributed by atoms with Crippen LogP contribution in [0.3, 0.4) is 0 Å². The van der Waals surface area contributed by atoms with Gasteiger partial charge in [0.15, 0.2) is 5.78 Å². The molecule has 0 aliphatic carbocycles. The zero-order chi connectivity index (χ0) is 22.6. The lowest BCUT2D eigenvalue weighted by Crippen LogP contribution is -2.41. The molecule has 0 saturated carbocycles. The highest BCUT2D eigenvalue weighted by molar-refractivity contribution is 7.92. The van der Waals surface area contributed by atoms with E-state index in [1.165, 1.54) is 10.4 Å². The van der Waals surface area contributed by atoms with E-state index in [1.807, 2.05) is 6.07 Å². The Bertz CT molecular complexity index is 1190. The van der Waals surface area contributed by atoms with Crippen molar-refractivity contribution >= 4 is 33.4 Å².